The molecule has 218 valence electrons. The Morgan fingerprint density at radius 1 is 0.400 bits per heavy atom. The maximum Gasteiger partial charge on any atom is 0.0468 e. The highest BCUT2D eigenvalue weighted by atomic mass is 15.1. The standard InChI is InChI=1S/C44H37N/c1-28-19-29(2)21-39(20-28)45(37-17-14-36(15-18-37)44(3,4)5)38-16-13-33-25-41-42-26-34-22-31(30-9-7-6-8-10-30)11-12-32(34)24-40(42)43(41)27-35(33)23-38/h6-27H,1-5H3. The van der Waals surface area contributed by atoms with Crippen LogP contribution in [0.15, 0.2) is 133 Å². The molecule has 8 rings (SSSR count). The molecule has 0 unspecified atom stereocenters. The van der Waals surface area contributed by atoms with Crippen LogP contribution in [0.5, 0.6) is 0 Å². The molecule has 0 spiro atoms. The Kier molecular flexibility index (Phi) is 6.22. The Balaban J connectivity index is 1.21. The Morgan fingerprint density at radius 2 is 0.933 bits per heavy atom. The molecule has 0 aromatic heterocycles. The van der Waals surface area contributed by atoms with Crippen molar-refractivity contribution in [2.75, 3.05) is 4.90 Å². The van der Waals surface area contributed by atoms with Crippen LogP contribution in [-0.2, 0) is 5.41 Å². The molecule has 0 aliphatic heterocycles. The van der Waals surface area contributed by atoms with E-state index in [4.69, 9.17) is 0 Å². The Morgan fingerprint density at radius 3 is 1.53 bits per heavy atom. The summed E-state index contributed by atoms with van der Waals surface area (Å²) in [5.74, 6) is 0. The highest BCUT2D eigenvalue weighted by Gasteiger charge is 2.24. The van der Waals surface area contributed by atoms with E-state index in [1.807, 2.05) is 0 Å². The molecule has 0 bridgehead atoms. The lowest BCUT2D eigenvalue weighted by molar-refractivity contribution is 0.590. The number of hydrogen-bond donors (Lipinski definition) is 0. The van der Waals surface area contributed by atoms with Crippen LogP contribution in [0, 0.1) is 13.8 Å². The van der Waals surface area contributed by atoms with Crippen molar-refractivity contribution in [1.82, 2.24) is 0 Å². The molecule has 0 radical (unpaired) electrons. The smallest absolute Gasteiger partial charge is 0.0468 e. The minimum atomic E-state index is 0.111. The van der Waals surface area contributed by atoms with Gasteiger partial charge in [0.05, 0.1) is 0 Å². The molecule has 0 amide bonds. The largest absolute Gasteiger partial charge is 0.310 e. The van der Waals surface area contributed by atoms with E-state index in [0.29, 0.717) is 0 Å². The van der Waals surface area contributed by atoms with Gasteiger partial charge in [0.2, 0.25) is 0 Å². The number of anilines is 3. The minimum Gasteiger partial charge on any atom is -0.310 e. The molecule has 0 fully saturated rings. The number of nitrogens with zero attached hydrogens (tertiary/aromatic N) is 1. The average Bonchev–Trinajstić information content (AvgIpc) is 3.03. The van der Waals surface area contributed by atoms with Gasteiger partial charge in [-0.2, -0.15) is 0 Å². The van der Waals surface area contributed by atoms with E-state index in [1.54, 1.807) is 0 Å². The van der Waals surface area contributed by atoms with Gasteiger partial charge < -0.3 is 4.90 Å². The molecule has 0 saturated carbocycles. The Bertz CT molecular complexity index is 2230. The summed E-state index contributed by atoms with van der Waals surface area (Å²) in [7, 11) is 0. The maximum atomic E-state index is 2.40. The Labute approximate surface area is 266 Å². The molecular formula is C44H37N. The Hall–Kier alpha value is -5.14. The molecule has 1 heteroatoms. The van der Waals surface area contributed by atoms with Crippen LogP contribution in [0.2, 0.25) is 0 Å². The van der Waals surface area contributed by atoms with Crippen LogP contribution in [-0.4, -0.2) is 0 Å². The van der Waals surface area contributed by atoms with E-state index in [2.05, 4.69) is 173 Å². The van der Waals surface area contributed by atoms with E-state index >= 15 is 0 Å². The van der Waals surface area contributed by atoms with E-state index in [-0.39, 0.29) is 5.41 Å². The first kappa shape index (κ1) is 27.4. The lowest BCUT2D eigenvalue weighted by atomic mass is 9.77. The fraction of sp³-hybridized carbons (Fsp3) is 0.136. The van der Waals surface area contributed by atoms with Gasteiger partial charge in [-0.05, 0) is 158 Å². The normalized spacial score (nSPS) is 12.1. The molecule has 1 aliphatic carbocycles. The van der Waals surface area contributed by atoms with Gasteiger partial charge in [-0.1, -0.05) is 87.5 Å². The van der Waals surface area contributed by atoms with Gasteiger partial charge in [0, 0.05) is 17.1 Å². The molecule has 7 aromatic carbocycles. The summed E-state index contributed by atoms with van der Waals surface area (Å²) < 4.78 is 0. The van der Waals surface area contributed by atoms with Gasteiger partial charge in [0.15, 0.2) is 0 Å². The van der Waals surface area contributed by atoms with Crippen LogP contribution in [0.3, 0.4) is 0 Å². The van der Waals surface area contributed by atoms with E-state index in [9.17, 15) is 0 Å². The summed E-state index contributed by atoms with van der Waals surface area (Å²) in [5, 5.41) is 5.10. The first-order valence-corrected chi connectivity index (χ1v) is 15.9. The van der Waals surface area contributed by atoms with Gasteiger partial charge in [-0.25, -0.2) is 0 Å². The topological polar surface area (TPSA) is 3.24 Å². The van der Waals surface area contributed by atoms with Crippen molar-refractivity contribution in [2.45, 2.75) is 40.0 Å². The molecular weight excluding hydrogens is 542 g/mol. The van der Waals surface area contributed by atoms with Gasteiger partial charge >= 0.3 is 0 Å². The molecule has 0 N–H and O–H groups in total. The quantitative estimate of drug-likeness (QED) is 0.200. The molecule has 7 aromatic rings. The van der Waals surface area contributed by atoms with Gasteiger partial charge in [0.25, 0.3) is 0 Å². The van der Waals surface area contributed by atoms with Crippen molar-refractivity contribution in [3.8, 4) is 33.4 Å². The minimum absolute atomic E-state index is 0.111. The third-order valence-electron chi connectivity index (χ3n) is 9.34. The SMILES string of the molecule is Cc1cc(C)cc(N(c2ccc(C(C)(C)C)cc2)c2ccc3cc4c(cc3c2)-c2cc3ccc(-c5ccccc5)cc3cc2-4)c1. The fourth-order valence-electron chi connectivity index (χ4n) is 7.00. The predicted molar refractivity (Wildman–Crippen MR) is 194 cm³/mol. The third-order valence-corrected chi connectivity index (χ3v) is 9.34. The molecule has 0 saturated heterocycles. The number of fused-ring (bicyclic) bond motifs is 6. The summed E-state index contributed by atoms with van der Waals surface area (Å²) in [6.07, 6.45) is 0. The van der Waals surface area contributed by atoms with E-state index in [1.165, 1.54) is 88.7 Å². The molecule has 0 heterocycles. The van der Waals surface area contributed by atoms with Crippen LogP contribution >= 0.6 is 0 Å². The maximum absolute atomic E-state index is 2.40. The monoisotopic (exact) mass is 579 g/mol. The van der Waals surface area contributed by atoms with Crippen molar-refractivity contribution < 1.29 is 0 Å². The zero-order valence-corrected chi connectivity index (χ0v) is 26.6. The first-order chi connectivity index (χ1) is 21.7. The third kappa shape index (κ3) is 4.80. The summed E-state index contributed by atoms with van der Waals surface area (Å²) in [6.45, 7) is 11.2. The zero-order valence-electron chi connectivity index (χ0n) is 26.6. The molecule has 45 heavy (non-hydrogen) atoms. The lowest BCUT2D eigenvalue weighted by Gasteiger charge is -2.29. The summed E-state index contributed by atoms with van der Waals surface area (Å²) >= 11 is 0. The van der Waals surface area contributed by atoms with Gasteiger partial charge in [0.1, 0.15) is 0 Å². The summed E-state index contributed by atoms with van der Waals surface area (Å²) in [4.78, 5) is 2.40. The highest BCUT2D eigenvalue weighted by Crippen LogP contribution is 2.51. The van der Waals surface area contributed by atoms with E-state index in [0.717, 1.165) is 0 Å². The lowest BCUT2D eigenvalue weighted by Crippen LogP contribution is -2.13. The predicted octanol–water partition coefficient (Wildman–Crippen LogP) is 12.7. The van der Waals surface area contributed by atoms with Crippen LogP contribution in [0.1, 0.15) is 37.5 Å². The molecule has 1 aliphatic rings. The van der Waals surface area contributed by atoms with Crippen molar-refractivity contribution in [3.63, 3.8) is 0 Å². The first-order valence-electron chi connectivity index (χ1n) is 15.9. The van der Waals surface area contributed by atoms with E-state index < -0.39 is 0 Å². The second kappa shape index (κ2) is 10.2. The van der Waals surface area contributed by atoms with Gasteiger partial charge in [-0.3, -0.25) is 0 Å². The number of benzene rings is 7. The summed E-state index contributed by atoms with van der Waals surface area (Å²) in [5.41, 5.74) is 15.4. The second-order valence-electron chi connectivity index (χ2n) is 13.7. The number of rotatable bonds is 4. The number of hydrogen-bond acceptors (Lipinski definition) is 1. The van der Waals surface area contributed by atoms with Crippen LogP contribution in [0.4, 0.5) is 17.1 Å². The highest BCUT2D eigenvalue weighted by molar-refractivity contribution is 6.12. The van der Waals surface area contributed by atoms with Gasteiger partial charge in [-0.15, -0.1) is 0 Å². The van der Waals surface area contributed by atoms with Crippen LogP contribution in [0.25, 0.3) is 54.9 Å². The molecule has 1 nitrogen and oxygen atoms in total. The van der Waals surface area contributed by atoms with Crippen molar-refractivity contribution in [1.29, 1.82) is 0 Å². The fourth-order valence-corrected chi connectivity index (χ4v) is 7.00. The average molecular weight is 580 g/mol. The van der Waals surface area contributed by atoms with Crippen molar-refractivity contribution >= 4 is 38.6 Å². The summed E-state index contributed by atoms with van der Waals surface area (Å²) in [6, 6.07) is 49.8. The molecule has 0 atom stereocenters. The van der Waals surface area contributed by atoms with Crippen molar-refractivity contribution in [2.24, 2.45) is 0 Å². The second-order valence-corrected chi connectivity index (χ2v) is 13.7. The number of aryl methyl sites for hydroxylation is 2. The zero-order chi connectivity index (χ0) is 30.9. The van der Waals surface area contributed by atoms with Crippen LogP contribution < -0.4 is 4.90 Å². The van der Waals surface area contributed by atoms with Crippen molar-refractivity contribution in [3.05, 3.63) is 150 Å².